The van der Waals surface area contributed by atoms with E-state index in [9.17, 15) is 9.59 Å². The zero-order valence-corrected chi connectivity index (χ0v) is 18.9. The Labute approximate surface area is 183 Å². The van der Waals surface area contributed by atoms with E-state index < -0.39 is 0 Å². The van der Waals surface area contributed by atoms with E-state index in [1.165, 1.54) is 5.57 Å². The van der Waals surface area contributed by atoms with E-state index >= 15 is 0 Å². The minimum atomic E-state index is -0.342. The SMILES string of the molecule is CO[C@H]1C([C@@]2(C)O[C@@H]2CC=C(C)C)[C@]2(CC[C@H]1OC(=O)N1CC3(CNC(=O)C3)C1)CO2. The number of methoxy groups -OCH3 is 1. The van der Waals surface area contributed by atoms with Crippen molar-refractivity contribution in [2.24, 2.45) is 11.3 Å². The second kappa shape index (κ2) is 7.18. The lowest BCUT2D eigenvalue weighted by molar-refractivity contribution is -0.128. The van der Waals surface area contributed by atoms with Crippen molar-refractivity contribution in [3.8, 4) is 0 Å². The zero-order valence-electron chi connectivity index (χ0n) is 18.9. The van der Waals surface area contributed by atoms with Crippen LogP contribution >= 0.6 is 0 Å². The van der Waals surface area contributed by atoms with Gasteiger partial charge >= 0.3 is 6.09 Å². The van der Waals surface area contributed by atoms with E-state index in [2.05, 4.69) is 32.2 Å². The molecule has 0 aromatic heterocycles. The van der Waals surface area contributed by atoms with Crippen LogP contribution in [0.25, 0.3) is 0 Å². The van der Waals surface area contributed by atoms with Crippen LogP contribution in [0, 0.1) is 11.3 Å². The first-order chi connectivity index (χ1) is 14.7. The third-order valence-electron chi connectivity index (χ3n) is 8.00. The lowest BCUT2D eigenvalue weighted by Gasteiger charge is -2.48. The fourth-order valence-electron chi connectivity index (χ4n) is 6.14. The molecule has 2 amide bonds. The van der Waals surface area contributed by atoms with E-state index in [0.717, 1.165) is 12.8 Å². The molecule has 4 saturated heterocycles. The normalized spacial score (nSPS) is 42.2. The predicted molar refractivity (Wildman–Crippen MR) is 111 cm³/mol. The molecular weight excluding hydrogens is 400 g/mol. The standard InChI is InChI=1S/C23H34N2O6/c1-14(2)5-6-16-21(3,31-16)19-18(28-4)15(7-8-23(19)13-29-23)30-20(27)25-11-22(12-25)9-17(26)24-10-22/h5,15-16,18-19H,6-13H2,1-4H3,(H,24,26)/t15-,16-,18-,19?,21+,23+/m1/s1. The summed E-state index contributed by atoms with van der Waals surface area (Å²) in [5.41, 5.74) is 0.603. The van der Waals surface area contributed by atoms with Crippen LogP contribution < -0.4 is 5.32 Å². The monoisotopic (exact) mass is 434 g/mol. The Kier molecular flexibility index (Phi) is 4.92. The van der Waals surface area contributed by atoms with Crippen molar-refractivity contribution in [2.45, 2.75) is 76.0 Å². The molecule has 5 fully saturated rings. The average Bonchev–Trinajstić information content (AvgIpc) is 3.56. The fourth-order valence-corrected chi connectivity index (χ4v) is 6.14. The second-order valence-electron chi connectivity index (χ2n) is 10.6. The van der Waals surface area contributed by atoms with Gasteiger partial charge in [-0.15, -0.1) is 0 Å². The Morgan fingerprint density at radius 3 is 2.68 bits per heavy atom. The number of allylic oxidation sites excluding steroid dienone is 1. The molecule has 0 bridgehead atoms. The van der Waals surface area contributed by atoms with E-state index in [-0.39, 0.29) is 52.8 Å². The summed E-state index contributed by atoms with van der Waals surface area (Å²) in [4.78, 5) is 26.1. The molecule has 0 aromatic carbocycles. The van der Waals surface area contributed by atoms with Crippen LogP contribution in [0.3, 0.4) is 0 Å². The Morgan fingerprint density at radius 2 is 2.10 bits per heavy atom. The van der Waals surface area contributed by atoms with Gasteiger partial charge in [0.1, 0.15) is 23.4 Å². The van der Waals surface area contributed by atoms with Gasteiger partial charge in [-0.25, -0.2) is 4.79 Å². The lowest BCUT2D eigenvalue weighted by Crippen LogP contribution is -2.61. The minimum Gasteiger partial charge on any atom is -0.443 e. The van der Waals surface area contributed by atoms with Crippen LogP contribution in [0.15, 0.2) is 11.6 Å². The second-order valence-corrected chi connectivity index (χ2v) is 10.6. The van der Waals surface area contributed by atoms with Crippen molar-refractivity contribution in [1.82, 2.24) is 10.2 Å². The van der Waals surface area contributed by atoms with Gasteiger partial charge in [-0.3, -0.25) is 4.79 Å². The van der Waals surface area contributed by atoms with Crippen LogP contribution in [0.1, 0.15) is 46.5 Å². The highest BCUT2D eigenvalue weighted by Crippen LogP contribution is 2.59. The maximum absolute atomic E-state index is 12.8. The number of nitrogens with zero attached hydrogens (tertiary/aromatic N) is 1. The number of amides is 2. The number of rotatable bonds is 5. The van der Waals surface area contributed by atoms with Gasteiger partial charge in [0.05, 0.1) is 18.6 Å². The number of likely N-dealkylation sites (tertiary alicyclic amines) is 1. The Bertz CT molecular complexity index is 798. The van der Waals surface area contributed by atoms with Gasteiger partial charge in [-0.05, 0) is 40.0 Å². The van der Waals surface area contributed by atoms with Crippen molar-refractivity contribution >= 4 is 12.0 Å². The van der Waals surface area contributed by atoms with Gasteiger partial charge in [-0.1, -0.05) is 11.6 Å². The van der Waals surface area contributed by atoms with Crippen LogP contribution in [-0.2, 0) is 23.7 Å². The van der Waals surface area contributed by atoms with Crippen LogP contribution in [0.4, 0.5) is 4.79 Å². The molecule has 1 aliphatic carbocycles. The molecule has 172 valence electrons. The first-order valence-corrected chi connectivity index (χ1v) is 11.4. The van der Waals surface area contributed by atoms with Gasteiger partial charge in [0.15, 0.2) is 0 Å². The summed E-state index contributed by atoms with van der Waals surface area (Å²) < 4.78 is 24.1. The molecule has 2 spiro atoms. The van der Waals surface area contributed by atoms with E-state index in [1.54, 1.807) is 12.0 Å². The molecule has 5 rings (SSSR count). The van der Waals surface area contributed by atoms with Crippen LogP contribution in [0.5, 0.6) is 0 Å². The molecule has 4 heterocycles. The van der Waals surface area contributed by atoms with Gasteiger partial charge in [-0.2, -0.15) is 0 Å². The molecule has 8 nitrogen and oxygen atoms in total. The summed E-state index contributed by atoms with van der Waals surface area (Å²) in [6.45, 7) is 8.82. The van der Waals surface area contributed by atoms with Gasteiger partial charge in [0.2, 0.25) is 5.91 Å². The smallest absolute Gasteiger partial charge is 0.410 e. The molecular formula is C23H34N2O6. The predicted octanol–water partition coefficient (Wildman–Crippen LogP) is 2.02. The minimum absolute atomic E-state index is 0.0199. The van der Waals surface area contributed by atoms with Crippen LogP contribution in [-0.4, -0.2) is 79.8 Å². The molecule has 31 heavy (non-hydrogen) atoms. The fraction of sp³-hybridized carbons (Fsp3) is 0.826. The Hall–Kier alpha value is -1.64. The van der Waals surface area contributed by atoms with Crippen LogP contribution in [0.2, 0.25) is 0 Å². The first-order valence-electron chi connectivity index (χ1n) is 11.4. The lowest BCUT2D eigenvalue weighted by atomic mass is 9.68. The molecule has 8 heteroatoms. The van der Waals surface area contributed by atoms with E-state index in [4.69, 9.17) is 18.9 Å². The third-order valence-corrected chi connectivity index (χ3v) is 8.00. The molecule has 0 aromatic rings. The number of carbonyl (C=O) groups excluding carboxylic acids is 2. The number of carbonyl (C=O) groups is 2. The number of nitrogens with one attached hydrogen (secondary N) is 1. The average molecular weight is 435 g/mol. The van der Waals surface area contributed by atoms with Gasteiger partial charge in [0, 0.05) is 38.6 Å². The van der Waals surface area contributed by atoms with E-state index in [0.29, 0.717) is 39.1 Å². The number of epoxide rings is 2. The molecule has 1 saturated carbocycles. The zero-order chi connectivity index (χ0) is 22.0. The molecule has 4 aliphatic heterocycles. The number of hydrogen-bond acceptors (Lipinski definition) is 6. The maximum atomic E-state index is 12.8. The highest BCUT2D eigenvalue weighted by atomic mass is 16.6. The summed E-state index contributed by atoms with van der Waals surface area (Å²) in [5.74, 6) is 0.0872. The molecule has 0 radical (unpaired) electrons. The molecule has 1 unspecified atom stereocenters. The third kappa shape index (κ3) is 3.56. The Balaban J connectivity index is 1.25. The summed E-state index contributed by atoms with van der Waals surface area (Å²) in [5, 5.41) is 2.87. The molecule has 6 atom stereocenters. The van der Waals surface area contributed by atoms with Gasteiger partial charge < -0.3 is 29.2 Å². The Morgan fingerprint density at radius 1 is 1.35 bits per heavy atom. The highest BCUT2D eigenvalue weighted by Gasteiger charge is 2.72. The topological polar surface area (TPSA) is 92.9 Å². The largest absolute Gasteiger partial charge is 0.443 e. The molecule has 1 N–H and O–H groups in total. The van der Waals surface area contributed by atoms with Gasteiger partial charge in [0.25, 0.3) is 0 Å². The highest BCUT2D eigenvalue weighted by molar-refractivity contribution is 5.80. The first kappa shape index (κ1) is 21.2. The summed E-state index contributed by atoms with van der Waals surface area (Å²) in [6.07, 6.45) is 4.34. The van der Waals surface area contributed by atoms with Crippen molar-refractivity contribution in [1.29, 1.82) is 0 Å². The summed E-state index contributed by atoms with van der Waals surface area (Å²) >= 11 is 0. The maximum Gasteiger partial charge on any atom is 0.410 e. The van der Waals surface area contributed by atoms with E-state index in [1.807, 2.05) is 0 Å². The molecule has 5 aliphatic rings. The van der Waals surface area contributed by atoms with Crippen molar-refractivity contribution in [3.05, 3.63) is 11.6 Å². The number of hydrogen-bond donors (Lipinski definition) is 1. The quantitative estimate of drug-likeness (QED) is 0.526. The van der Waals surface area contributed by atoms with Crippen molar-refractivity contribution in [3.63, 3.8) is 0 Å². The van der Waals surface area contributed by atoms with Crippen molar-refractivity contribution in [2.75, 3.05) is 33.4 Å². The summed E-state index contributed by atoms with van der Waals surface area (Å²) in [6, 6.07) is 0. The number of ether oxygens (including phenoxy) is 4. The summed E-state index contributed by atoms with van der Waals surface area (Å²) in [7, 11) is 1.69. The van der Waals surface area contributed by atoms with Crippen molar-refractivity contribution < 1.29 is 28.5 Å².